The Morgan fingerprint density at radius 2 is 1.67 bits per heavy atom. The number of rotatable bonds is 16. The molecule has 4 aromatic rings. The van der Waals surface area contributed by atoms with Crippen LogP contribution in [0.4, 0.5) is 0 Å². The molecule has 5 rings (SSSR count). The maximum Gasteiger partial charge on any atom is 0.252 e. The molecule has 1 amide bonds. The van der Waals surface area contributed by atoms with E-state index in [1.54, 1.807) is 87.0 Å². The fourth-order valence-electron chi connectivity index (χ4n) is 5.58. The molecule has 0 saturated carbocycles. The van der Waals surface area contributed by atoms with E-state index in [4.69, 9.17) is 29.0 Å². The number of ether oxygens (including phenoxy) is 4. The lowest BCUT2D eigenvalue weighted by Gasteiger charge is -2.31. The third-order valence-electron chi connectivity index (χ3n) is 8.15. The van der Waals surface area contributed by atoms with Crippen LogP contribution in [0.25, 0.3) is 0 Å². The first-order valence-electron chi connectivity index (χ1n) is 15.7. The quantitative estimate of drug-likeness (QED) is 0.160. The van der Waals surface area contributed by atoms with Crippen LogP contribution in [0.3, 0.4) is 0 Å². The maximum absolute atomic E-state index is 14.5. The molecule has 0 spiro atoms. The van der Waals surface area contributed by atoms with Crippen molar-refractivity contribution in [2.24, 2.45) is 4.99 Å². The number of amides is 1. The van der Waals surface area contributed by atoms with Gasteiger partial charge >= 0.3 is 0 Å². The van der Waals surface area contributed by atoms with Crippen molar-refractivity contribution in [2.45, 2.75) is 35.8 Å². The number of carbonyl (C=O) groups is 1. The number of para-hydroxylation sites is 1. The summed E-state index contributed by atoms with van der Waals surface area (Å²) in [6, 6.07) is 29.9. The van der Waals surface area contributed by atoms with Crippen molar-refractivity contribution in [1.29, 1.82) is 0 Å². The number of nitrogens with one attached hydrogen (secondary N) is 1. The monoisotopic (exact) mass is 672 g/mol. The van der Waals surface area contributed by atoms with Gasteiger partial charge in [0.15, 0.2) is 21.5 Å². The summed E-state index contributed by atoms with van der Waals surface area (Å²) in [6.07, 6.45) is -0.147. The van der Waals surface area contributed by atoms with Crippen molar-refractivity contribution in [1.82, 2.24) is 5.32 Å². The summed E-state index contributed by atoms with van der Waals surface area (Å²) in [5.41, 5.74) is 0.459. The smallest absolute Gasteiger partial charge is 0.252 e. The van der Waals surface area contributed by atoms with Gasteiger partial charge in [-0.1, -0.05) is 48.5 Å². The number of aliphatic imine (C=N–C) groups is 1. The molecule has 252 valence electrons. The van der Waals surface area contributed by atoms with Crippen LogP contribution in [0.5, 0.6) is 17.2 Å². The van der Waals surface area contributed by atoms with Crippen LogP contribution in [0.1, 0.15) is 35.6 Å². The highest BCUT2D eigenvalue weighted by molar-refractivity contribution is 7.91. The van der Waals surface area contributed by atoms with E-state index in [-0.39, 0.29) is 36.1 Å². The van der Waals surface area contributed by atoms with E-state index in [0.29, 0.717) is 47.8 Å². The lowest BCUT2D eigenvalue weighted by Crippen LogP contribution is -2.49. The Bertz CT molecular complexity index is 1810. The second-order valence-corrected chi connectivity index (χ2v) is 13.4. The molecule has 10 nitrogen and oxygen atoms in total. The second-order valence-electron chi connectivity index (χ2n) is 11.3. The number of nitrogens with zero attached hydrogens (tertiary/aromatic N) is 1. The average Bonchev–Trinajstić information content (AvgIpc) is 3.53. The molecule has 0 aromatic heterocycles. The number of carbonyl (C=O) groups excluding carboxylic acids is 1. The Balaban J connectivity index is 1.53. The predicted octanol–water partition coefficient (Wildman–Crippen LogP) is 4.94. The lowest BCUT2D eigenvalue weighted by atomic mass is 9.85. The molecule has 1 aliphatic rings. The Labute approximate surface area is 281 Å². The lowest BCUT2D eigenvalue weighted by molar-refractivity contribution is -0.129. The molecule has 0 radical (unpaired) electrons. The van der Waals surface area contributed by atoms with E-state index in [1.165, 1.54) is 0 Å². The zero-order valence-corrected chi connectivity index (χ0v) is 27.8. The van der Waals surface area contributed by atoms with Gasteiger partial charge in [0.25, 0.3) is 5.91 Å². The van der Waals surface area contributed by atoms with Crippen molar-refractivity contribution in [2.75, 3.05) is 39.7 Å². The summed E-state index contributed by atoms with van der Waals surface area (Å²) in [5.74, 6) is 1.24. The fourth-order valence-corrected chi connectivity index (χ4v) is 6.97. The minimum absolute atomic E-state index is 0.0252. The van der Waals surface area contributed by atoms with Gasteiger partial charge in [0.2, 0.25) is 5.90 Å². The highest BCUT2D eigenvalue weighted by Crippen LogP contribution is 2.44. The minimum atomic E-state index is -3.79. The van der Waals surface area contributed by atoms with Crippen molar-refractivity contribution < 1.29 is 37.3 Å². The average molecular weight is 673 g/mol. The minimum Gasteiger partial charge on any atom is -0.497 e. The van der Waals surface area contributed by atoms with Gasteiger partial charge in [0.1, 0.15) is 17.2 Å². The fraction of sp³-hybridized carbons (Fsp3) is 0.297. The van der Waals surface area contributed by atoms with Crippen LogP contribution in [0.2, 0.25) is 0 Å². The molecular formula is C37H40N2O8S. The molecule has 1 heterocycles. The van der Waals surface area contributed by atoms with Crippen LogP contribution < -0.4 is 19.5 Å². The van der Waals surface area contributed by atoms with E-state index in [1.807, 2.05) is 30.3 Å². The first-order valence-corrected chi connectivity index (χ1v) is 17.4. The molecular weight excluding hydrogens is 632 g/mol. The van der Waals surface area contributed by atoms with Gasteiger partial charge in [-0.25, -0.2) is 13.4 Å². The van der Waals surface area contributed by atoms with Gasteiger partial charge < -0.3 is 29.4 Å². The number of hydrogen-bond donors (Lipinski definition) is 2. The van der Waals surface area contributed by atoms with E-state index in [2.05, 4.69) is 5.32 Å². The molecule has 1 aliphatic heterocycles. The van der Waals surface area contributed by atoms with Gasteiger partial charge in [-0.15, -0.1) is 0 Å². The molecule has 4 aromatic carbocycles. The zero-order valence-electron chi connectivity index (χ0n) is 27.0. The summed E-state index contributed by atoms with van der Waals surface area (Å²) < 4.78 is 50.3. The van der Waals surface area contributed by atoms with Crippen molar-refractivity contribution in [3.63, 3.8) is 0 Å². The van der Waals surface area contributed by atoms with Crippen molar-refractivity contribution in [3.05, 3.63) is 120 Å². The summed E-state index contributed by atoms with van der Waals surface area (Å²) in [5, 5.41) is 12.1. The van der Waals surface area contributed by atoms with E-state index < -0.39 is 27.4 Å². The summed E-state index contributed by atoms with van der Waals surface area (Å²) in [4.78, 5) is 19.6. The highest BCUT2D eigenvalue weighted by atomic mass is 32.2. The summed E-state index contributed by atoms with van der Waals surface area (Å²) in [6.45, 7) is 0.638. The molecule has 0 fully saturated rings. The number of aliphatic hydroxyl groups excluding tert-OH is 1. The molecule has 0 saturated heterocycles. The number of aliphatic hydroxyl groups is 1. The Kier molecular flexibility index (Phi) is 11.4. The van der Waals surface area contributed by atoms with Crippen LogP contribution in [0, 0.1) is 0 Å². The van der Waals surface area contributed by atoms with Gasteiger partial charge in [-0.3, -0.25) is 4.79 Å². The number of methoxy groups -OCH3 is 2. The van der Waals surface area contributed by atoms with Gasteiger partial charge in [0, 0.05) is 31.6 Å². The number of hydrogen-bond acceptors (Lipinski definition) is 9. The van der Waals surface area contributed by atoms with E-state index >= 15 is 0 Å². The van der Waals surface area contributed by atoms with Crippen LogP contribution in [-0.2, 0) is 25.8 Å². The molecule has 0 unspecified atom stereocenters. The van der Waals surface area contributed by atoms with Crippen molar-refractivity contribution >= 4 is 21.6 Å². The largest absolute Gasteiger partial charge is 0.497 e. The second kappa shape index (κ2) is 15.8. The van der Waals surface area contributed by atoms with E-state index in [9.17, 15) is 13.2 Å². The Morgan fingerprint density at radius 1 is 0.917 bits per heavy atom. The predicted molar refractivity (Wildman–Crippen MR) is 183 cm³/mol. The van der Waals surface area contributed by atoms with Gasteiger partial charge in [0.05, 0.1) is 31.5 Å². The third-order valence-corrected chi connectivity index (χ3v) is 9.89. The summed E-state index contributed by atoms with van der Waals surface area (Å²) >= 11 is 0. The Morgan fingerprint density at radius 3 is 2.40 bits per heavy atom. The van der Waals surface area contributed by atoms with Crippen molar-refractivity contribution in [3.8, 4) is 17.2 Å². The van der Waals surface area contributed by atoms with Crippen LogP contribution in [-0.4, -0.2) is 70.6 Å². The van der Waals surface area contributed by atoms with Gasteiger partial charge in [-0.2, -0.15) is 0 Å². The molecule has 11 heteroatoms. The first-order chi connectivity index (χ1) is 23.3. The Hall–Kier alpha value is -4.87. The first kappa shape index (κ1) is 34.5. The van der Waals surface area contributed by atoms with E-state index in [0.717, 1.165) is 5.56 Å². The molecule has 0 aliphatic carbocycles. The molecule has 2 N–H and O–H groups in total. The number of sulfone groups is 1. The van der Waals surface area contributed by atoms with Crippen LogP contribution in [0.15, 0.2) is 113 Å². The SMILES string of the molecule is COc1cccc([C@H]2OC(c3ccc(OCCCO)cc3)=N[C@@]2(CCS(=O)(=O)c2ccccc2)C(=O)NCCc2ccccc2OC)c1. The molecule has 0 bridgehead atoms. The maximum atomic E-state index is 14.5. The zero-order chi connectivity index (χ0) is 34.0. The number of benzene rings is 4. The normalized spacial score (nSPS) is 17.2. The molecule has 2 atom stereocenters. The van der Waals surface area contributed by atoms with Crippen LogP contribution >= 0.6 is 0 Å². The highest BCUT2D eigenvalue weighted by Gasteiger charge is 2.53. The topological polar surface area (TPSA) is 133 Å². The standard InChI is InChI=1S/C37H40N2O8S/c1-44-31-12-8-11-29(26-31)34-37(21-25-48(42,43)32-13-4-3-5-14-32,36(41)38-22-20-27-10-6-7-15-33(27)45-2)39-35(47-34)28-16-18-30(19-17-28)46-24-9-23-40/h3-8,10-19,26,34,40H,9,20-25H2,1-2H3,(H,38,41)/t34-,37-/m1/s1. The summed E-state index contributed by atoms with van der Waals surface area (Å²) in [7, 11) is -0.648. The third kappa shape index (κ3) is 7.98. The molecule has 48 heavy (non-hydrogen) atoms. The van der Waals surface area contributed by atoms with Gasteiger partial charge in [-0.05, 0) is 72.1 Å².